The van der Waals surface area contributed by atoms with Gasteiger partial charge in [-0.2, -0.15) is 0 Å². The maximum absolute atomic E-state index is 3.70. The van der Waals surface area contributed by atoms with E-state index in [1.54, 1.807) is 0 Å². The first-order chi connectivity index (χ1) is 8.72. The van der Waals surface area contributed by atoms with Gasteiger partial charge in [-0.3, -0.25) is 4.90 Å². The van der Waals surface area contributed by atoms with Gasteiger partial charge in [0.1, 0.15) is 0 Å². The topological polar surface area (TPSA) is 15.3 Å². The second-order valence-corrected chi connectivity index (χ2v) is 5.98. The lowest BCUT2D eigenvalue weighted by Crippen LogP contribution is -2.52. The first kappa shape index (κ1) is 16.0. The summed E-state index contributed by atoms with van der Waals surface area (Å²) in [6.07, 6.45) is 8.11. The van der Waals surface area contributed by atoms with Gasteiger partial charge in [0.05, 0.1) is 0 Å². The highest BCUT2D eigenvalue weighted by Crippen LogP contribution is 2.22. The molecule has 1 aliphatic rings. The lowest BCUT2D eigenvalue weighted by atomic mass is 9.93. The van der Waals surface area contributed by atoms with Crippen LogP contribution in [0.4, 0.5) is 0 Å². The van der Waals surface area contributed by atoms with Gasteiger partial charge in [-0.05, 0) is 45.2 Å². The Morgan fingerprint density at radius 3 is 2.50 bits per heavy atom. The standard InChI is InChI=1S/C16H34N2/c1-5-11-17-14(4)16-10-8-9-12-18(16)13-15(6-2)7-3/h14-17H,5-13H2,1-4H3. The summed E-state index contributed by atoms with van der Waals surface area (Å²) >= 11 is 0. The molecule has 2 atom stereocenters. The van der Waals surface area contributed by atoms with Gasteiger partial charge in [0.15, 0.2) is 0 Å². The average Bonchev–Trinajstić information content (AvgIpc) is 2.42. The van der Waals surface area contributed by atoms with E-state index in [1.807, 2.05) is 0 Å². The Morgan fingerprint density at radius 1 is 1.17 bits per heavy atom. The minimum absolute atomic E-state index is 0.652. The molecule has 1 N–H and O–H groups in total. The number of hydrogen-bond donors (Lipinski definition) is 1. The molecule has 0 bridgehead atoms. The average molecular weight is 254 g/mol. The van der Waals surface area contributed by atoms with E-state index in [1.165, 1.54) is 51.6 Å². The van der Waals surface area contributed by atoms with Crippen LogP contribution < -0.4 is 5.32 Å². The molecule has 1 saturated heterocycles. The van der Waals surface area contributed by atoms with Crippen LogP contribution in [0.25, 0.3) is 0 Å². The maximum Gasteiger partial charge on any atom is 0.0246 e. The van der Waals surface area contributed by atoms with E-state index in [4.69, 9.17) is 0 Å². The molecule has 1 fully saturated rings. The Balaban J connectivity index is 2.50. The van der Waals surface area contributed by atoms with Crippen molar-refractivity contribution in [3.8, 4) is 0 Å². The van der Waals surface area contributed by atoms with Gasteiger partial charge in [-0.25, -0.2) is 0 Å². The summed E-state index contributed by atoms with van der Waals surface area (Å²) in [4.78, 5) is 2.77. The highest BCUT2D eigenvalue weighted by molar-refractivity contribution is 4.85. The molecule has 108 valence electrons. The number of nitrogens with zero attached hydrogens (tertiary/aromatic N) is 1. The molecule has 2 nitrogen and oxygen atoms in total. The van der Waals surface area contributed by atoms with Crippen LogP contribution in [0.5, 0.6) is 0 Å². The van der Waals surface area contributed by atoms with E-state index < -0.39 is 0 Å². The molecular weight excluding hydrogens is 220 g/mol. The van der Waals surface area contributed by atoms with E-state index in [-0.39, 0.29) is 0 Å². The van der Waals surface area contributed by atoms with Crippen LogP contribution in [-0.4, -0.2) is 36.6 Å². The first-order valence-corrected chi connectivity index (χ1v) is 8.20. The van der Waals surface area contributed by atoms with Crippen molar-refractivity contribution >= 4 is 0 Å². The molecule has 0 saturated carbocycles. The van der Waals surface area contributed by atoms with Crippen molar-refractivity contribution in [2.24, 2.45) is 5.92 Å². The lowest BCUT2D eigenvalue weighted by Gasteiger charge is -2.41. The van der Waals surface area contributed by atoms with E-state index in [2.05, 4.69) is 37.9 Å². The number of rotatable bonds is 8. The fourth-order valence-corrected chi connectivity index (χ4v) is 3.20. The van der Waals surface area contributed by atoms with Crippen molar-refractivity contribution in [1.29, 1.82) is 0 Å². The zero-order chi connectivity index (χ0) is 13.4. The molecule has 1 heterocycles. The predicted octanol–water partition coefficient (Wildman–Crippen LogP) is 3.67. The van der Waals surface area contributed by atoms with Gasteiger partial charge in [-0.15, -0.1) is 0 Å². The second kappa shape index (κ2) is 8.92. The summed E-state index contributed by atoms with van der Waals surface area (Å²) in [6.45, 7) is 13.1. The fourth-order valence-electron chi connectivity index (χ4n) is 3.20. The summed E-state index contributed by atoms with van der Waals surface area (Å²) in [5.41, 5.74) is 0. The molecule has 0 aliphatic carbocycles. The largest absolute Gasteiger partial charge is 0.313 e. The predicted molar refractivity (Wildman–Crippen MR) is 81.0 cm³/mol. The molecule has 1 rings (SSSR count). The second-order valence-electron chi connectivity index (χ2n) is 5.98. The molecule has 18 heavy (non-hydrogen) atoms. The summed E-state index contributed by atoms with van der Waals surface area (Å²) in [5, 5.41) is 3.70. The summed E-state index contributed by atoms with van der Waals surface area (Å²) in [6, 6.07) is 1.42. The van der Waals surface area contributed by atoms with Crippen LogP contribution in [0.2, 0.25) is 0 Å². The smallest absolute Gasteiger partial charge is 0.0246 e. The minimum Gasteiger partial charge on any atom is -0.313 e. The monoisotopic (exact) mass is 254 g/mol. The van der Waals surface area contributed by atoms with Gasteiger partial charge in [0, 0.05) is 18.6 Å². The Bertz CT molecular complexity index is 201. The zero-order valence-electron chi connectivity index (χ0n) is 13.0. The Morgan fingerprint density at radius 2 is 1.89 bits per heavy atom. The van der Waals surface area contributed by atoms with Gasteiger partial charge >= 0.3 is 0 Å². The van der Waals surface area contributed by atoms with E-state index in [9.17, 15) is 0 Å². The van der Waals surface area contributed by atoms with Crippen molar-refractivity contribution in [2.75, 3.05) is 19.6 Å². The highest BCUT2D eigenvalue weighted by atomic mass is 15.2. The third-order valence-electron chi connectivity index (χ3n) is 4.61. The Hall–Kier alpha value is -0.0800. The number of nitrogens with one attached hydrogen (secondary N) is 1. The fraction of sp³-hybridized carbons (Fsp3) is 1.00. The van der Waals surface area contributed by atoms with Crippen molar-refractivity contribution < 1.29 is 0 Å². The summed E-state index contributed by atoms with van der Waals surface area (Å²) < 4.78 is 0. The lowest BCUT2D eigenvalue weighted by molar-refractivity contribution is 0.0980. The van der Waals surface area contributed by atoms with Gasteiger partial charge < -0.3 is 5.32 Å². The van der Waals surface area contributed by atoms with E-state index in [0.717, 1.165) is 18.5 Å². The maximum atomic E-state index is 3.70. The third kappa shape index (κ3) is 4.89. The van der Waals surface area contributed by atoms with Gasteiger partial charge in [-0.1, -0.05) is 40.0 Å². The van der Waals surface area contributed by atoms with Crippen LogP contribution in [0.3, 0.4) is 0 Å². The summed E-state index contributed by atoms with van der Waals surface area (Å²) in [7, 11) is 0. The molecule has 2 unspecified atom stereocenters. The third-order valence-corrected chi connectivity index (χ3v) is 4.61. The Labute approximate surface area is 115 Å². The van der Waals surface area contributed by atoms with Crippen LogP contribution in [0, 0.1) is 5.92 Å². The van der Waals surface area contributed by atoms with Crippen LogP contribution in [0.15, 0.2) is 0 Å². The SMILES string of the molecule is CCCNC(C)C1CCCCN1CC(CC)CC. The minimum atomic E-state index is 0.652. The van der Waals surface area contributed by atoms with Gasteiger partial charge in [0.2, 0.25) is 0 Å². The van der Waals surface area contributed by atoms with Crippen LogP contribution >= 0.6 is 0 Å². The molecular formula is C16H34N2. The van der Waals surface area contributed by atoms with Crippen LogP contribution in [-0.2, 0) is 0 Å². The molecule has 0 amide bonds. The molecule has 1 aliphatic heterocycles. The van der Waals surface area contributed by atoms with Crippen molar-refractivity contribution in [2.45, 2.75) is 78.3 Å². The van der Waals surface area contributed by atoms with E-state index >= 15 is 0 Å². The molecule has 0 aromatic carbocycles. The number of hydrogen-bond acceptors (Lipinski definition) is 2. The molecule has 2 heteroatoms. The highest BCUT2D eigenvalue weighted by Gasteiger charge is 2.27. The zero-order valence-corrected chi connectivity index (χ0v) is 13.0. The van der Waals surface area contributed by atoms with Crippen molar-refractivity contribution in [1.82, 2.24) is 10.2 Å². The number of likely N-dealkylation sites (tertiary alicyclic amines) is 1. The van der Waals surface area contributed by atoms with Crippen LogP contribution in [0.1, 0.15) is 66.2 Å². The molecule has 0 aromatic heterocycles. The molecule has 0 aromatic rings. The first-order valence-electron chi connectivity index (χ1n) is 8.20. The van der Waals surface area contributed by atoms with E-state index in [0.29, 0.717) is 6.04 Å². The normalized spacial score (nSPS) is 23.5. The molecule has 0 radical (unpaired) electrons. The van der Waals surface area contributed by atoms with Crippen molar-refractivity contribution in [3.63, 3.8) is 0 Å². The number of piperidine rings is 1. The Kier molecular flexibility index (Phi) is 7.92. The van der Waals surface area contributed by atoms with Gasteiger partial charge in [0.25, 0.3) is 0 Å². The molecule has 0 spiro atoms. The van der Waals surface area contributed by atoms with Crippen molar-refractivity contribution in [3.05, 3.63) is 0 Å². The summed E-state index contributed by atoms with van der Waals surface area (Å²) in [5.74, 6) is 0.893. The quantitative estimate of drug-likeness (QED) is 0.711.